The number of carbonyl (C=O) groups is 1. The van der Waals surface area contributed by atoms with Crippen LogP contribution in [0.3, 0.4) is 0 Å². The third kappa shape index (κ3) is 3.19. The van der Waals surface area contributed by atoms with E-state index in [0.29, 0.717) is 12.5 Å². The summed E-state index contributed by atoms with van der Waals surface area (Å²) in [4.78, 5) is 26.1. The highest BCUT2D eigenvalue weighted by Gasteiger charge is 2.33. The molecule has 0 spiro atoms. The third-order valence-electron chi connectivity index (χ3n) is 6.46. The molecule has 4 heterocycles. The highest BCUT2D eigenvalue weighted by atomic mass is 32.1. The number of aryl methyl sites for hydroxylation is 1. The number of amides is 1. The lowest BCUT2D eigenvalue weighted by molar-refractivity contribution is -0.139. The zero-order valence-corrected chi connectivity index (χ0v) is 18.7. The lowest BCUT2D eigenvalue weighted by Crippen LogP contribution is -2.46. The molecule has 1 atom stereocenters. The Hall–Kier alpha value is -3.20. The van der Waals surface area contributed by atoms with Gasteiger partial charge in [0.1, 0.15) is 22.7 Å². The smallest absolute Gasteiger partial charge is 0.226 e. The summed E-state index contributed by atoms with van der Waals surface area (Å²) in [7, 11) is 0. The molecule has 1 aliphatic heterocycles. The van der Waals surface area contributed by atoms with Gasteiger partial charge in [-0.2, -0.15) is 5.10 Å². The molecule has 0 saturated carbocycles. The first-order valence-electron chi connectivity index (χ1n) is 11.1. The van der Waals surface area contributed by atoms with Crippen molar-refractivity contribution in [2.45, 2.75) is 32.6 Å². The number of hydrogen-bond donors (Lipinski definition) is 2. The number of nitrogens with zero attached hydrogens (tertiary/aromatic N) is 4. The number of aromatic amines is 1. The summed E-state index contributed by atoms with van der Waals surface area (Å²) in [6, 6.07) is 3.99. The largest absolute Gasteiger partial charge is 0.492 e. The molecule has 2 aliphatic rings. The average Bonchev–Trinajstić information content (AvgIpc) is 3.36. The van der Waals surface area contributed by atoms with Gasteiger partial charge in [-0.3, -0.25) is 9.89 Å². The number of thiophene rings is 1. The number of ether oxygens (including phenoxy) is 1. The number of anilines is 2. The number of carbonyl (C=O) groups excluding carboxylic acids is 1. The zero-order valence-electron chi connectivity index (χ0n) is 17.9. The summed E-state index contributed by atoms with van der Waals surface area (Å²) < 4.78 is 5.88. The fraction of sp³-hybridized carbons (Fsp3) is 0.391. The molecule has 1 aromatic carbocycles. The maximum Gasteiger partial charge on any atom is 0.226 e. The summed E-state index contributed by atoms with van der Waals surface area (Å²) >= 11 is 1.69. The molecule has 2 N–H and O–H groups in total. The predicted octanol–water partition coefficient (Wildman–Crippen LogP) is 4.05. The van der Waals surface area contributed by atoms with E-state index in [0.717, 1.165) is 77.1 Å². The number of rotatable bonds is 5. The van der Waals surface area contributed by atoms with Gasteiger partial charge in [0.05, 0.1) is 29.4 Å². The first kappa shape index (κ1) is 19.5. The van der Waals surface area contributed by atoms with Gasteiger partial charge < -0.3 is 15.0 Å². The van der Waals surface area contributed by atoms with Gasteiger partial charge in [0, 0.05) is 35.3 Å². The highest BCUT2D eigenvalue weighted by molar-refractivity contribution is 7.19. The molecule has 8 nitrogen and oxygen atoms in total. The molecule has 9 heteroatoms. The summed E-state index contributed by atoms with van der Waals surface area (Å²) in [5.74, 6) is 1.94. The van der Waals surface area contributed by atoms with E-state index >= 15 is 0 Å². The van der Waals surface area contributed by atoms with Crippen LogP contribution in [-0.2, 0) is 17.6 Å². The fourth-order valence-electron chi connectivity index (χ4n) is 4.68. The molecule has 6 rings (SSSR count). The minimum atomic E-state index is 0.0910. The molecular weight excluding hydrogens is 424 g/mol. The van der Waals surface area contributed by atoms with Gasteiger partial charge in [-0.25, -0.2) is 9.97 Å². The van der Waals surface area contributed by atoms with E-state index < -0.39 is 0 Å². The minimum absolute atomic E-state index is 0.0910. The van der Waals surface area contributed by atoms with Crippen LogP contribution in [0.2, 0.25) is 0 Å². The monoisotopic (exact) mass is 448 g/mol. The van der Waals surface area contributed by atoms with E-state index in [1.165, 1.54) is 10.4 Å². The maximum atomic E-state index is 12.8. The molecule has 4 aromatic rings. The molecule has 0 unspecified atom stereocenters. The van der Waals surface area contributed by atoms with Gasteiger partial charge in [0.2, 0.25) is 5.91 Å². The highest BCUT2D eigenvalue weighted by Crippen LogP contribution is 2.42. The molecule has 1 fully saturated rings. The standard InChI is InChI=1S/C23H24N6O2S/c1-2-31-18-10-16-14(11-26-28-16)8-17(18)27-21-20-15-5-4-13(23(30)29-6-3-7-29)9-19(15)32-22(20)25-12-24-21/h8,10-13H,2-7,9H2,1H3,(H,26,28)(H,24,25,27)/t13-/m0/s1. The average molecular weight is 449 g/mol. The van der Waals surface area contributed by atoms with E-state index in [-0.39, 0.29) is 5.92 Å². The van der Waals surface area contributed by atoms with Crippen LogP contribution in [-0.4, -0.2) is 50.7 Å². The van der Waals surface area contributed by atoms with E-state index in [1.807, 2.05) is 24.0 Å². The number of fused-ring (bicyclic) bond motifs is 4. The Bertz CT molecular complexity index is 1330. The fourth-order valence-corrected chi connectivity index (χ4v) is 5.95. The van der Waals surface area contributed by atoms with Crippen molar-refractivity contribution in [3.8, 4) is 5.75 Å². The SMILES string of the molecule is CCOc1cc2[nH]ncc2cc1Nc1ncnc2sc3c(c12)CC[C@H](C(=O)N1CCC1)C3. The van der Waals surface area contributed by atoms with Crippen LogP contribution >= 0.6 is 11.3 Å². The lowest BCUT2D eigenvalue weighted by atomic mass is 9.86. The van der Waals surface area contributed by atoms with Gasteiger partial charge >= 0.3 is 0 Å². The van der Waals surface area contributed by atoms with Crippen molar-refractivity contribution in [3.63, 3.8) is 0 Å². The lowest BCUT2D eigenvalue weighted by Gasteiger charge is -2.35. The second kappa shape index (κ2) is 7.74. The van der Waals surface area contributed by atoms with Crippen molar-refractivity contribution in [1.29, 1.82) is 0 Å². The number of nitrogens with one attached hydrogen (secondary N) is 2. The van der Waals surface area contributed by atoms with Gasteiger partial charge in [-0.1, -0.05) is 0 Å². The summed E-state index contributed by atoms with van der Waals surface area (Å²) in [6.45, 7) is 4.36. The molecular formula is C23H24N6O2S. The minimum Gasteiger partial charge on any atom is -0.492 e. The molecule has 0 bridgehead atoms. The molecule has 32 heavy (non-hydrogen) atoms. The van der Waals surface area contributed by atoms with Crippen LogP contribution in [0, 0.1) is 5.92 Å². The van der Waals surface area contributed by atoms with Crippen LogP contribution < -0.4 is 10.1 Å². The Kier molecular flexibility index (Phi) is 4.71. The number of benzene rings is 1. The van der Waals surface area contributed by atoms with Crippen LogP contribution in [0.4, 0.5) is 11.5 Å². The Morgan fingerprint density at radius 2 is 2.25 bits per heavy atom. The Morgan fingerprint density at radius 1 is 1.34 bits per heavy atom. The molecule has 164 valence electrons. The van der Waals surface area contributed by atoms with E-state index in [1.54, 1.807) is 23.9 Å². The van der Waals surface area contributed by atoms with Gasteiger partial charge in [0.15, 0.2) is 0 Å². The second-order valence-corrected chi connectivity index (χ2v) is 9.47. The number of likely N-dealkylation sites (tertiary alicyclic amines) is 1. The van der Waals surface area contributed by atoms with E-state index in [2.05, 4.69) is 25.5 Å². The Balaban J connectivity index is 1.36. The third-order valence-corrected chi connectivity index (χ3v) is 7.62. The summed E-state index contributed by atoms with van der Waals surface area (Å²) in [5, 5.41) is 12.7. The number of hydrogen-bond acceptors (Lipinski definition) is 7. The first-order chi connectivity index (χ1) is 15.7. The summed E-state index contributed by atoms with van der Waals surface area (Å²) in [5.41, 5.74) is 3.06. The van der Waals surface area contributed by atoms with Crippen LogP contribution in [0.15, 0.2) is 24.7 Å². The molecule has 0 radical (unpaired) electrons. The Labute approximate surface area is 189 Å². The topological polar surface area (TPSA) is 96.0 Å². The van der Waals surface area contributed by atoms with Crippen LogP contribution in [0.25, 0.3) is 21.1 Å². The molecule has 1 saturated heterocycles. The van der Waals surface area contributed by atoms with Crippen molar-refractivity contribution < 1.29 is 9.53 Å². The van der Waals surface area contributed by atoms with Crippen molar-refractivity contribution in [2.75, 3.05) is 25.0 Å². The Morgan fingerprint density at radius 3 is 3.06 bits per heavy atom. The van der Waals surface area contributed by atoms with Crippen LogP contribution in [0.5, 0.6) is 5.75 Å². The first-order valence-corrected chi connectivity index (χ1v) is 11.9. The van der Waals surface area contributed by atoms with Crippen molar-refractivity contribution in [1.82, 2.24) is 25.1 Å². The second-order valence-electron chi connectivity index (χ2n) is 8.39. The van der Waals surface area contributed by atoms with E-state index in [9.17, 15) is 4.79 Å². The predicted molar refractivity (Wildman–Crippen MR) is 125 cm³/mol. The summed E-state index contributed by atoms with van der Waals surface area (Å²) in [6.07, 6.45) is 7.09. The van der Waals surface area contributed by atoms with Crippen LogP contribution in [0.1, 0.15) is 30.2 Å². The van der Waals surface area contributed by atoms with Crippen molar-refractivity contribution in [2.24, 2.45) is 5.92 Å². The normalized spacial score (nSPS) is 17.9. The molecule has 1 aliphatic carbocycles. The van der Waals surface area contributed by atoms with Crippen molar-refractivity contribution >= 4 is 49.9 Å². The molecule has 1 amide bonds. The maximum absolute atomic E-state index is 12.8. The quantitative estimate of drug-likeness (QED) is 0.478. The van der Waals surface area contributed by atoms with Gasteiger partial charge in [0.25, 0.3) is 0 Å². The van der Waals surface area contributed by atoms with Gasteiger partial charge in [-0.05, 0) is 44.2 Å². The van der Waals surface area contributed by atoms with Gasteiger partial charge in [-0.15, -0.1) is 11.3 Å². The van der Waals surface area contributed by atoms with E-state index in [4.69, 9.17) is 4.74 Å². The zero-order chi connectivity index (χ0) is 21.7. The number of aromatic nitrogens is 4. The van der Waals surface area contributed by atoms with Crippen molar-refractivity contribution in [3.05, 3.63) is 35.1 Å². The molecule has 3 aromatic heterocycles. The number of H-pyrrole nitrogens is 1.